The van der Waals surface area contributed by atoms with E-state index < -0.39 is 16.4 Å². The molecule has 3 N–H and O–H groups in total. The summed E-state index contributed by atoms with van der Waals surface area (Å²) in [5, 5.41) is 11.3. The zero-order valence-electron chi connectivity index (χ0n) is 14.0. The number of rotatable bonds is 8. The van der Waals surface area contributed by atoms with Crippen LogP contribution in [-0.4, -0.2) is 24.4 Å². The predicted molar refractivity (Wildman–Crippen MR) is 85.3 cm³/mol. The van der Waals surface area contributed by atoms with Gasteiger partial charge >= 0.3 is 0 Å². The lowest BCUT2D eigenvalue weighted by Crippen LogP contribution is -2.29. The lowest BCUT2D eigenvalue weighted by atomic mass is 9.90. The third-order valence-corrected chi connectivity index (χ3v) is 3.77. The number of hydrazine groups is 1. The molecule has 0 spiro atoms. The Morgan fingerprint density at radius 1 is 1.43 bits per heavy atom. The normalized spacial score (nSPS) is 12.6. The van der Waals surface area contributed by atoms with Gasteiger partial charge in [-0.15, -0.1) is 0 Å². The number of nitro benzene ring substituents is 1. The Morgan fingerprint density at radius 3 is 2.48 bits per heavy atom. The van der Waals surface area contributed by atoms with Gasteiger partial charge in [0, 0.05) is 0 Å². The first-order valence-corrected chi connectivity index (χ1v) is 7.10. The number of nitrogens with two attached hydrogens (primary N) is 1. The van der Waals surface area contributed by atoms with Crippen molar-refractivity contribution < 1.29 is 19.2 Å². The Labute approximate surface area is 135 Å². The third kappa shape index (κ3) is 4.40. The summed E-state index contributed by atoms with van der Waals surface area (Å²) in [5.41, 5.74) is 2.02. The summed E-state index contributed by atoms with van der Waals surface area (Å²) in [6.07, 6.45) is 0. The first-order chi connectivity index (χ1) is 10.6. The van der Waals surface area contributed by atoms with Crippen LogP contribution >= 0.6 is 0 Å². The van der Waals surface area contributed by atoms with Gasteiger partial charge in [0.1, 0.15) is 12.4 Å². The third-order valence-electron chi connectivity index (χ3n) is 3.77. The number of Topliss-reactive ketones (excluding diaryl/α,β-unsaturated/α-hetero) is 1. The summed E-state index contributed by atoms with van der Waals surface area (Å²) >= 11 is 0. The quantitative estimate of drug-likeness (QED) is 0.427. The molecule has 0 aliphatic rings. The van der Waals surface area contributed by atoms with Crippen LogP contribution in [0.3, 0.4) is 0 Å². The molecule has 0 bridgehead atoms. The number of methoxy groups -OCH3 is 1. The molecule has 0 saturated carbocycles. The average molecular weight is 325 g/mol. The van der Waals surface area contributed by atoms with Gasteiger partial charge in [0.25, 0.3) is 5.69 Å². The molecule has 0 fully saturated rings. The van der Waals surface area contributed by atoms with Gasteiger partial charge in [0.15, 0.2) is 11.5 Å². The van der Waals surface area contributed by atoms with Gasteiger partial charge in [0.05, 0.1) is 35.1 Å². The molecule has 0 aliphatic carbocycles. The molecule has 1 aromatic rings. The van der Waals surface area contributed by atoms with Crippen LogP contribution in [0.15, 0.2) is 12.1 Å². The van der Waals surface area contributed by atoms with Crippen LogP contribution in [-0.2, 0) is 4.79 Å². The number of hydrogen-bond donors (Lipinski definition) is 2. The predicted octanol–water partition coefficient (Wildman–Crippen LogP) is 2.12. The van der Waals surface area contributed by atoms with Crippen LogP contribution in [0.4, 0.5) is 5.69 Å². The van der Waals surface area contributed by atoms with Crippen molar-refractivity contribution in [1.82, 2.24) is 5.43 Å². The van der Waals surface area contributed by atoms with Crippen molar-refractivity contribution in [3.8, 4) is 11.5 Å². The van der Waals surface area contributed by atoms with Crippen molar-refractivity contribution >= 4 is 11.5 Å². The highest BCUT2D eigenvalue weighted by molar-refractivity contribution is 5.81. The van der Waals surface area contributed by atoms with E-state index in [9.17, 15) is 14.9 Å². The molecule has 8 heteroatoms. The van der Waals surface area contributed by atoms with E-state index in [-0.39, 0.29) is 23.8 Å². The highest BCUT2D eigenvalue weighted by Gasteiger charge is 2.27. The van der Waals surface area contributed by atoms with Gasteiger partial charge in [-0.2, -0.15) is 0 Å². The van der Waals surface area contributed by atoms with Gasteiger partial charge < -0.3 is 9.47 Å². The molecule has 1 aromatic carbocycles. The summed E-state index contributed by atoms with van der Waals surface area (Å²) in [6.45, 7) is 6.73. The van der Waals surface area contributed by atoms with Crippen LogP contribution in [0.2, 0.25) is 0 Å². The highest BCUT2D eigenvalue weighted by Crippen LogP contribution is 2.38. The lowest BCUT2D eigenvalue weighted by molar-refractivity contribution is -0.385. The Morgan fingerprint density at radius 2 is 2.04 bits per heavy atom. The smallest absolute Gasteiger partial charge is 0.278 e. The van der Waals surface area contributed by atoms with Crippen LogP contribution in [0.5, 0.6) is 11.5 Å². The Balaban J connectivity index is 3.25. The average Bonchev–Trinajstić information content (AvgIpc) is 2.50. The zero-order valence-corrected chi connectivity index (χ0v) is 14.0. The van der Waals surface area contributed by atoms with Crippen molar-refractivity contribution in [1.29, 1.82) is 0 Å². The number of nitrogens with zero attached hydrogens (tertiary/aromatic N) is 1. The van der Waals surface area contributed by atoms with E-state index in [1.54, 1.807) is 20.8 Å². The molecule has 0 aliphatic heterocycles. The van der Waals surface area contributed by atoms with Crippen LogP contribution in [0.1, 0.15) is 39.3 Å². The van der Waals surface area contributed by atoms with E-state index in [4.69, 9.17) is 15.3 Å². The first-order valence-electron chi connectivity index (χ1n) is 7.10. The van der Waals surface area contributed by atoms with E-state index in [0.29, 0.717) is 11.3 Å². The maximum Gasteiger partial charge on any atom is 0.278 e. The van der Waals surface area contributed by atoms with E-state index in [0.717, 1.165) is 0 Å². The van der Waals surface area contributed by atoms with Gasteiger partial charge in [-0.05, 0) is 33.8 Å². The highest BCUT2D eigenvalue weighted by atomic mass is 16.6. The molecule has 128 valence electrons. The van der Waals surface area contributed by atoms with Crippen molar-refractivity contribution in [2.75, 3.05) is 13.7 Å². The summed E-state index contributed by atoms with van der Waals surface area (Å²) in [7, 11) is 1.44. The summed E-state index contributed by atoms with van der Waals surface area (Å²) in [5.74, 6) is 5.88. The number of benzene rings is 1. The van der Waals surface area contributed by atoms with E-state index in [2.05, 4.69) is 5.43 Å². The van der Waals surface area contributed by atoms with Crippen molar-refractivity contribution in [2.45, 2.75) is 33.7 Å². The minimum atomic E-state index is -0.704. The molecule has 0 aromatic heterocycles. The summed E-state index contributed by atoms with van der Waals surface area (Å²) < 4.78 is 10.9. The number of ether oxygens (including phenoxy) is 2. The fraction of sp³-hybridized carbons (Fsp3) is 0.533. The van der Waals surface area contributed by atoms with Crippen LogP contribution in [0.25, 0.3) is 0 Å². The van der Waals surface area contributed by atoms with Gasteiger partial charge in [-0.1, -0.05) is 0 Å². The van der Waals surface area contributed by atoms with E-state index in [1.165, 1.54) is 26.2 Å². The second-order valence-electron chi connectivity index (χ2n) is 5.94. The van der Waals surface area contributed by atoms with Crippen LogP contribution in [0, 0.1) is 15.5 Å². The summed E-state index contributed by atoms with van der Waals surface area (Å²) in [6, 6.07) is 2.36. The maximum absolute atomic E-state index is 11.6. The molecule has 0 heterocycles. The Kier molecular flexibility index (Phi) is 6.05. The molecule has 1 rings (SSSR count). The van der Waals surface area contributed by atoms with Gasteiger partial charge in [-0.3, -0.25) is 26.2 Å². The van der Waals surface area contributed by atoms with Crippen molar-refractivity contribution in [3.63, 3.8) is 0 Å². The molecule has 1 atom stereocenters. The zero-order chi connectivity index (χ0) is 17.8. The Bertz CT molecular complexity index is 601. The number of nitrogens with one attached hydrogen (secondary N) is 1. The second-order valence-corrected chi connectivity index (χ2v) is 5.94. The van der Waals surface area contributed by atoms with Crippen molar-refractivity contribution in [3.05, 3.63) is 27.8 Å². The summed E-state index contributed by atoms with van der Waals surface area (Å²) in [4.78, 5) is 22.3. The first kappa shape index (κ1) is 18.9. The van der Waals surface area contributed by atoms with Gasteiger partial charge in [0.2, 0.25) is 0 Å². The molecule has 0 saturated heterocycles. The van der Waals surface area contributed by atoms with Crippen LogP contribution < -0.4 is 20.7 Å². The number of carbonyl (C=O) groups is 1. The second kappa shape index (κ2) is 7.38. The molecule has 23 heavy (non-hydrogen) atoms. The fourth-order valence-electron chi connectivity index (χ4n) is 1.79. The molecule has 8 nitrogen and oxygen atoms in total. The largest absolute Gasteiger partial charge is 0.493 e. The number of ketones is 1. The minimum Gasteiger partial charge on any atom is -0.493 e. The van der Waals surface area contributed by atoms with E-state index in [1.807, 2.05) is 0 Å². The molecule has 0 radical (unpaired) electrons. The number of hydrogen-bond acceptors (Lipinski definition) is 7. The fourth-order valence-corrected chi connectivity index (χ4v) is 1.79. The minimum absolute atomic E-state index is 0.0384. The standard InChI is InChI=1S/C15H23N3O5/c1-9(17-16)11-6-13(22-5)14(7-12(11)18(20)21)23-8-15(3,4)10(2)19/h6-7,9,17H,8,16H2,1-5H3. The monoisotopic (exact) mass is 325 g/mol. The molecular weight excluding hydrogens is 302 g/mol. The lowest BCUT2D eigenvalue weighted by Gasteiger charge is -2.22. The van der Waals surface area contributed by atoms with E-state index >= 15 is 0 Å². The number of nitro groups is 1. The SMILES string of the molecule is COc1cc(C(C)NN)c([N+](=O)[O-])cc1OCC(C)(C)C(C)=O. The van der Waals surface area contributed by atoms with Gasteiger partial charge in [-0.25, -0.2) is 0 Å². The molecule has 1 unspecified atom stereocenters. The Hall–Kier alpha value is -2.19. The molecule has 0 amide bonds. The topological polar surface area (TPSA) is 117 Å². The number of carbonyl (C=O) groups excluding carboxylic acids is 1. The maximum atomic E-state index is 11.6. The van der Waals surface area contributed by atoms with Crippen molar-refractivity contribution in [2.24, 2.45) is 11.3 Å². The molecular formula is C15H23N3O5.